The van der Waals surface area contributed by atoms with Gasteiger partial charge in [-0.05, 0) is 43.9 Å². The molecule has 3 nitrogen and oxygen atoms in total. The molecule has 3 aliphatic rings. The molecule has 2 fully saturated rings. The van der Waals surface area contributed by atoms with Crippen molar-refractivity contribution in [1.82, 2.24) is 0 Å². The minimum atomic E-state index is -0.0100. The largest absolute Gasteiger partial charge is 0.463 e. The summed E-state index contributed by atoms with van der Waals surface area (Å²) in [5.41, 5.74) is 5.59. The van der Waals surface area contributed by atoms with Crippen LogP contribution in [0.3, 0.4) is 0 Å². The Morgan fingerprint density at radius 3 is 2.79 bits per heavy atom. The number of nitrogens with two attached hydrogens (primary N) is 1. The van der Waals surface area contributed by atoms with E-state index in [1.165, 1.54) is 25.7 Å². The van der Waals surface area contributed by atoms with E-state index in [9.17, 15) is 0 Å². The number of amidine groups is 1. The molecule has 78 valence electrons. The number of ether oxygens (including phenoxy) is 1. The van der Waals surface area contributed by atoms with Gasteiger partial charge in [-0.25, -0.2) is 4.99 Å². The van der Waals surface area contributed by atoms with Gasteiger partial charge in [-0.1, -0.05) is 6.42 Å². The quantitative estimate of drug-likeness (QED) is 0.688. The van der Waals surface area contributed by atoms with E-state index in [1.54, 1.807) is 0 Å². The summed E-state index contributed by atoms with van der Waals surface area (Å²) in [7, 11) is 0. The molecule has 0 spiro atoms. The minimum Gasteiger partial charge on any atom is -0.463 e. The van der Waals surface area contributed by atoms with Crippen molar-refractivity contribution in [3.05, 3.63) is 0 Å². The van der Waals surface area contributed by atoms with Crippen molar-refractivity contribution in [2.75, 3.05) is 6.61 Å². The van der Waals surface area contributed by atoms with Crippen LogP contribution in [-0.2, 0) is 4.74 Å². The Morgan fingerprint density at radius 1 is 1.43 bits per heavy atom. The minimum absolute atomic E-state index is 0.0100. The summed E-state index contributed by atoms with van der Waals surface area (Å²) in [5, 5.41) is 0. The van der Waals surface area contributed by atoms with Gasteiger partial charge in [0.2, 0.25) is 0 Å². The number of nitrogens with zero attached hydrogens (tertiary/aromatic N) is 1. The molecular weight excluding hydrogens is 176 g/mol. The van der Waals surface area contributed by atoms with E-state index < -0.39 is 0 Å². The predicted octanol–water partition coefficient (Wildman–Crippen LogP) is 1.53. The first kappa shape index (κ1) is 8.57. The monoisotopic (exact) mass is 194 g/mol. The van der Waals surface area contributed by atoms with Crippen molar-refractivity contribution < 1.29 is 4.74 Å². The zero-order valence-electron chi connectivity index (χ0n) is 8.70. The van der Waals surface area contributed by atoms with Gasteiger partial charge in [-0.15, -0.1) is 0 Å². The Morgan fingerprint density at radius 2 is 2.29 bits per heavy atom. The second kappa shape index (κ2) is 2.65. The molecule has 2 bridgehead atoms. The second-order valence-electron chi connectivity index (χ2n) is 5.38. The molecule has 3 heteroatoms. The van der Waals surface area contributed by atoms with Crippen LogP contribution in [0.4, 0.5) is 0 Å². The maximum Gasteiger partial charge on any atom is 0.282 e. The van der Waals surface area contributed by atoms with E-state index in [4.69, 9.17) is 10.5 Å². The first-order chi connectivity index (χ1) is 6.67. The lowest BCUT2D eigenvalue weighted by atomic mass is 9.76. The van der Waals surface area contributed by atoms with Crippen LogP contribution in [0, 0.1) is 17.8 Å². The molecule has 0 aromatic heterocycles. The van der Waals surface area contributed by atoms with E-state index in [0.29, 0.717) is 12.6 Å². The van der Waals surface area contributed by atoms with Gasteiger partial charge in [-0.3, -0.25) is 0 Å². The molecule has 0 radical (unpaired) electrons. The zero-order valence-corrected chi connectivity index (χ0v) is 8.70. The summed E-state index contributed by atoms with van der Waals surface area (Å²) in [6.07, 6.45) is 5.62. The van der Waals surface area contributed by atoms with Crippen LogP contribution in [-0.4, -0.2) is 18.2 Å². The highest BCUT2D eigenvalue weighted by Gasteiger charge is 2.50. The van der Waals surface area contributed by atoms with Crippen LogP contribution >= 0.6 is 0 Å². The van der Waals surface area contributed by atoms with Crippen LogP contribution in [0.25, 0.3) is 0 Å². The SMILES string of the molecule is CC1(C2CC3CCC2C3)COC(N)=N1. The molecule has 1 aliphatic heterocycles. The van der Waals surface area contributed by atoms with Crippen molar-refractivity contribution in [2.24, 2.45) is 28.5 Å². The van der Waals surface area contributed by atoms with Crippen LogP contribution in [0.5, 0.6) is 0 Å². The predicted molar refractivity (Wildman–Crippen MR) is 54.9 cm³/mol. The molecule has 3 rings (SSSR count). The van der Waals surface area contributed by atoms with E-state index in [2.05, 4.69) is 11.9 Å². The Kier molecular flexibility index (Phi) is 1.62. The van der Waals surface area contributed by atoms with Gasteiger partial charge in [0.15, 0.2) is 0 Å². The maximum atomic E-state index is 5.60. The van der Waals surface area contributed by atoms with Crippen molar-refractivity contribution in [3.8, 4) is 0 Å². The molecule has 4 atom stereocenters. The second-order valence-corrected chi connectivity index (χ2v) is 5.38. The van der Waals surface area contributed by atoms with Crippen molar-refractivity contribution in [3.63, 3.8) is 0 Å². The first-order valence-electron chi connectivity index (χ1n) is 5.65. The molecule has 1 heterocycles. The third-order valence-electron chi connectivity index (χ3n) is 4.41. The van der Waals surface area contributed by atoms with E-state index in [-0.39, 0.29) is 5.54 Å². The molecule has 2 saturated carbocycles. The third-order valence-corrected chi connectivity index (χ3v) is 4.41. The van der Waals surface area contributed by atoms with Crippen LogP contribution < -0.4 is 5.73 Å². The fourth-order valence-corrected chi connectivity index (χ4v) is 3.73. The van der Waals surface area contributed by atoms with Gasteiger partial charge in [0.05, 0.1) is 0 Å². The normalized spacial score (nSPS) is 50.6. The number of hydrogen-bond donors (Lipinski definition) is 1. The van der Waals surface area contributed by atoms with Gasteiger partial charge in [0.1, 0.15) is 12.1 Å². The summed E-state index contributed by atoms with van der Waals surface area (Å²) in [6.45, 7) is 2.91. The first-order valence-corrected chi connectivity index (χ1v) is 5.65. The van der Waals surface area contributed by atoms with Gasteiger partial charge >= 0.3 is 0 Å². The van der Waals surface area contributed by atoms with Gasteiger partial charge < -0.3 is 10.5 Å². The topological polar surface area (TPSA) is 47.6 Å². The van der Waals surface area contributed by atoms with Crippen LogP contribution in [0.2, 0.25) is 0 Å². The summed E-state index contributed by atoms with van der Waals surface area (Å²) in [6, 6.07) is 0.398. The average molecular weight is 194 g/mol. The Hall–Kier alpha value is -0.730. The number of rotatable bonds is 1. The lowest BCUT2D eigenvalue weighted by molar-refractivity contribution is 0.157. The lowest BCUT2D eigenvalue weighted by Crippen LogP contribution is -2.37. The third kappa shape index (κ3) is 1.07. The summed E-state index contributed by atoms with van der Waals surface area (Å²) in [5.74, 6) is 2.59. The summed E-state index contributed by atoms with van der Waals surface area (Å²) in [4.78, 5) is 4.49. The van der Waals surface area contributed by atoms with E-state index in [1.807, 2.05) is 0 Å². The molecule has 0 amide bonds. The van der Waals surface area contributed by atoms with E-state index in [0.717, 1.165) is 17.8 Å². The van der Waals surface area contributed by atoms with E-state index >= 15 is 0 Å². The zero-order chi connectivity index (χ0) is 9.76. The fourth-order valence-electron chi connectivity index (χ4n) is 3.73. The standard InChI is InChI=1S/C11H18N2O/c1-11(6-14-10(12)13-11)9-5-7-2-3-8(9)4-7/h7-9H,2-6H2,1H3,(H2,12,13). The molecule has 0 aromatic rings. The lowest BCUT2D eigenvalue weighted by Gasteiger charge is -2.32. The molecular formula is C11H18N2O. The number of hydrogen-bond acceptors (Lipinski definition) is 3. The highest BCUT2D eigenvalue weighted by Crippen LogP contribution is 2.53. The maximum absolute atomic E-state index is 5.60. The van der Waals surface area contributed by atoms with Crippen molar-refractivity contribution in [2.45, 2.75) is 38.1 Å². The van der Waals surface area contributed by atoms with Crippen LogP contribution in [0.1, 0.15) is 32.6 Å². The van der Waals surface area contributed by atoms with Gasteiger partial charge in [-0.2, -0.15) is 0 Å². The molecule has 0 saturated heterocycles. The fraction of sp³-hybridized carbons (Fsp3) is 0.909. The van der Waals surface area contributed by atoms with Crippen molar-refractivity contribution >= 4 is 6.02 Å². The Balaban J connectivity index is 1.83. The Labute approximate surface area is 84.7 Å². The molecule has 0 aromatic carbocycles. The van der Waals surface area contributed by atoms with Gasteiger partial charge in [0.25, 0.3) is 6.02 Å². The van der Waals surface area contributed by atoms with Crippen molar-refractivity contribution in [1.29, 1.82) is 0 Å². The number of aliphatic imine (C=N–C) groups is 1. The number of fused-ring (bicyclic) bond motifs is 2. The molecule has 2 aliphatic carbocycles. The summed E-state index contributed by atoms with van der Waals surface area (Å²) < 4.78 is 5.32. The molecule has 14 heavy (non-hydrogen) atoms. The Bertz CT molecular complexity index is 289. The van der Waals surface area contributed by atoms with Crippen LogP contribution in [0.15, 0.2) is 4.99 Å². The highest BCUT2D eigenvalue weighted by atomic mass is 16.5. The summed E-state index contributed by atoms with van der Waals surface area (Å²) >= 11 is 0. The van der Waals surface area contributed by atoms with Gasteiger partial charge in [0, 0.05) is 0 Å². The molecule has 4 unspecified atom stereocenters. The molecule has 2 N–H and O–H groups in total. The average Bonchev–Trinajstić information content (AvgIpc) is 2.80. The highest BCUT2D eigenvalue weighted by molar-refractivity contribution is 5.73. The smallest absolute Gasteiger partial charge is 0.282 e.